The molecule has 4 amide bonds. The molecular formula is C22H48N10O4. The summed E-state index contributed by atoms with van der Waals surface area (Å²) in [6.07, 6.45) is 0.712. The smallest absolute Gasteiger partial charge is 0.220 e. The maximum atomic E-state index is 12.3. The van der Waals surface area contributed by atoms with Crippen LogP contribution in [0.5, 0.6) is 0 Å². The highest BCUT2D eigenvalue weighted by atomic mass is 16.2. The van der Waals surface area contributed by atoms with Gasteiger partial charge in [-0.3, -0.25) is 19.2 Å². The second-order valence-corrected chi connectivity index (χ2v) is 8.87. The molecule has 0 aliphatic rings. The molecule has 0 saturated carbocycles. The van der Waals surface area contributed by atoms with Crippen molar-refractivity contribution in [2.45, 2.75) is 62.4 Å². The lowest BCUT2D eigenvalue weighted by molar-refractivity contribution is -0.124. The Bertz CT molecular complexity index is 573. The standard InChI is InChI=1S/C22H48N10O4/c23-9-13-29-17(33)1-5-21(27,6-2-18(34)30-14-10-24)22(28,7-3-19(35)31-15-11-25)8-4-20(36)32-16-12-26/h1-16,23-28H2,(H,29,33)(H,30,34)(H,31,35)(H,32,36). The molecule has 0 aliphatic carbocycles. The lowest BCUT2D eigenvalue weighted by atomic mass is 9.67. The van der Waals surface area contributed by atoms with E-state index in [0.29, 0.717) is 26.2 Å². The van der Waals surface area contributed by atoms with Gasteiger partial charge >= 0.3 is 0 Å². The van der Waals surface area contributed by atoms with Crippen molar-refractivity contribution in [2.24, 2.45) is 34.4 Å². The Morgan fingerprint density at radius 3 is 0.806 bits per heavy atom. The lowest BCUT2D eigenvalue weighted by Gasteiger charge is -2.47. The highest BCUT2D eigenvalue weighted by molar-refractivity contribution is 5.78. The molecule has 0 atom stereocenters. The molecule has 0 aromatic heterocycles. The van der Waals surface area contributed by atoms with E-state index in [4.69, 9.17) is 34.4 Å². The van der Waals surface area contributed by atoms with Gasteiger partial charge in [-0.15, -0.1) is 0 Å². The molecule has 210 valence electrons. The molecule has 0 aliphatic heterocycles. The third-order valence-electron chi connectivity index (χ3n) is 6.05. The normalized spacial score (nSPS) is 11.6. The lowest BCUT2D eigenvalue weighted by Crippen LogP contribution is -2.66. The van der Waals surface area contributed by atoms with Crippen molar-refractivity contribution in [1.29, 1.82) is 0 Å². The molecule has 0 heterocycles. The van der Waals surface area contributed by atoms with Crippen molar-refractivity contribution < 1.29 is 19.2 Å². The predicted octanol–water partition coefficient (Wildman–Crippen LogP) is -4.20. The molecule has 14 nitrogen and oxygen atoms in total. The van der Waals surface area contributed by atoms with Gasteiger partial charge in [0.05, 0.1) is 0 Å². The fourth-order valence-corrected chi connectivity index (χ4v) is 3.79. The fourth-order valence-electron chi connectivity index (χ4n) is 3.79. The summed E-state index contributed by atoms with van der Waals surface area (Å²) in [6.45, 7) is 2.41. The van der Waals surface area contributed by atoms with Gasteiger partial charge in [-0.2, -0.15) is 0 Å². The molecule has 36 heavy (non-hydrogen) atoms. The summed E-state index contributed by atoms with van der Waals surface area (Å²) in [6, 6.07) is 0. The van der Waals surface area contributed by atoms with Crippen molar-refractivity contribution in [1.82, 2.24) is 21.3 Å². The summed E-state index contributed by atoms with van der Waals surface area (Å²) in [4.78, 5) is 49.3. The first-order valence-electron chi connectivity index (χ1n) is 12.5. The minimum atomic E-state index is -1.24. The number of carbonyl (C=O) groups is 4. The Hall–Kier alpha value is -2.36. The van der Waals surface area contributed by atoms with Gasteiger partial charge in [-0.05, 0) is 25.7 Å². The molecule has 0 aromatic rings. The largest absolute Gasteiger partial charge is 0.355 e. The summed E-state index contributed by atoms with van der Waals surface area (Å²) in [5.74, 6) is -1.03. The number of nitrogens with two attached hydrogens (primary N) is 6. The molecule has 16 N–H and O–H groups in total. The van der Waals surface area contributed by atoms with E-state index in [1.54, 1.807) is 0 Å². The monoisotopic (exact) mass is 516 g/mol. The average molecular weight is 517 g/mol. The van der Waals surface area contributed by atoms with Crippen LogP contribution in [0.25, 0.3) is 0 Å². The summed E-state index contributed by atoms with van der Waals surface area (Å²) < 4.78 is 0. The first-order valence-corrected chi connectivity index (χ1v) is 12.5. The second kappa shape index (κ2) is 18.8. The molecule has 14 heteroatoms. The Balaban J connectivity index is 5.80. The summed E-state index contributed by atoms with van der Waals surface area (Å²) >= 11 is 0. The van der Waals surface area contributed by atoms with Gasteiger partial charge in [0, 0.05) is 89.1 Å². The highest BCUT2D eigenvalue weighted by Crippen LogP contribution is 2.35. The topological polar surface area (TPSA) is 273 Å². The third-order valence-corrected chi connectivity index (χ3v) is 6.05. The van der Waals surface area contributed by atoms with Crippen LogP contribution in [0, 0.1) is 0 Å². The van der Waals surface area contributed by atoms with E-state index in [1.807, 2.05) is 0 Å². The Morgan fingerprint density at radius 1 is 0.444 bits per heavy atom. The molecule has 0 rings (SSSR count). The van der Waals surface area contributed by atoms with E-state index in [0.717, 1.165) is 0 Å². The molecule has 0 unspecified atom stereocenters. The zero-order valence-corrected chi connectivity index (χ0v) is 21.4. The van der Waals surface area contributed by atoms with E-state index < -0.39 is 11.1 Å². The number of hydrogen-bond donors (Lipinski definition) is 10. The van der Waals surface area contributed by atoms with Gasteiger partial charge in [0.15, 0.2) is 0 Å². The molecule has 0 saturated heterocycles. The Morgan fingerprint density at radius 2 is 0.639 bits per heavy atom. The SMILES string of the molecule is NCCNC(=O)CCC(N)(CCC(=O)NCCN)C(N)(CCC(=O)NCCN)CCC(=O)NCCN. The van der Waals surface area contributed by atoms with Crippen LogP contribution in [0.1, 0.15) is 51.4 Å². The second-order valence-electron chi connectivity index (χ2n) is 8.87. The molecular weight excluding hydrogens is 468 g/mol. The summed E-state index contributed by atoms with van der Waals surface area (Å²) in [5, 5.41) is 10.8. The molecule has 0 bridgehead atoms. The quantitative estimate of drug-likeness (QED) is 0.0702. The zero-order valence-electron chi connectivity index (χ0n) is 21.4. The first-order chi connectivity index (χ1) is 17.1. The van der Waals surface area contributed by atoms with Crippen molar-refractivity contribution in [3.63, 3.8) is 0 Å². The number of amides is 4. The van der Waals surface area contributed by atoms with Crippen LogP contribution in [0.2, 0.25) is 0 Å². The van der Waals surface area contributed by atoms with E-state index in [9.17, 15) is 19.2 Å². The van der Waals surface area contributed by atoms with Gasteiger partial charge in [0.25, 0.3) is 0 Å². The van der Waals surface area contributed by atoms with Crippen LogP contribution < -0.4 is 55.7 Å². The van der Waals surface area contributed by atoms with Gasteiger partial charge in [0.1, 0.15) is 0 Å². The molecule has 0 radical (unpaired) electrons. The van der Waals surface area contributed by atoms with E-state index in [1.165, 1.54) is 0 Å². The minimum Gasteiger partial charge on any atom is -0.355 e. The zero-order chi connectivity index (χ0) is 27.5. The summed E-state index contributed by atoms with van der Waals surface area (Å²) in [5.41, 5.74) is 33.0. The van der Waals surface area contributed by atoms with Gasteiger partial charge < -0.3 is 55.7 Å². The number of rotatable bonds is 21. The fraction of sp³-hybridized carbons (Fsp3) is 0.818. The van der Waals surface area contributed by atoms with Crippen molar-refractivity contribution in [2.75, 3.05) is 52.4 Å². The number of hydrogen-bond acceptors (Lipinski definition) is 10. The van der Waals surface area contributed by atoms with Crippen LogP contribution >= 0.6 is 0 Å². The van der Waals surface area contributed by atoms with Crippen molar-refractivity contribution >= 4 is 23.6 Å². The Kier molecular flexibility index (Phi) is 17.6. The van der Waals surface area contributed by atoms with E-state index in [2.05, 4.69) is 21.3 Å². The van der Waals surface area contributed by atoms with Crippen LogP contribution in [-0.4, -0.2) is 87.1 Å². The van der Waals surface area contributed by atoms with Crippen molar-refractivity contribution in [3.8, 4) is 0 Å². The van der Waals surface area contributed by atoms with Gasteiger partial charge in [0.2, 0.25) is 23.6 Å². The van der Waals surface area contributed by atoms with Gasteiger partial charge in [-0.25, -0.2) is 0 Å². The van der Waals surface area contributed by atoms with Crippen LogP contribution in [0.3, 0.4) is 0 Å². The number of carbonyl (C=O) groups excluding carboxylic acids is 4. The van der Waals surface area contributed by atoms with Crippen LogP contribution in [-0.2, 0) is 19.2 Å². The predicted molar refractivity (Wildman–Crippen MR) is 139 cm³/mol. The van der Waals surface area contributed by atoms with Gasteiger partial charge in [-0.1, -0.05) is 0 Å². The molecule has 0 spiro atoms. The maximum absolute atomic E-state index is 12.3. The third kappa shape index (κ3) is 13.7. The molecule has 0 aromatic carbocycles. The maximum Gasteiger partial charge on any atom is 0.220 e. The minimum absolute atomic E-state index is 0.0403. The van der Waals surface area contributed by atoms with Crippen molar-refractivity contribution in [3.05, 3.63) is 0 Å². The highest BCUT2D eigenvalue weighted by Gasteiger charge is 2.45. The van der Waals surface area contributed by atoms with Crippen LogP contribution in [0.4, 0.5) is 0 Å². The van der Waals surface area contributed by atoms with E-state index in [-0.39, 0.29) is 101 Å². The van der Waals surface area contributed by atoms with Crippen LogP contribution in [0.15, 0.2) is 0 Å². The molecule has 0 fully saturated rings. The van der Waals surface area contributed by atoms with E-state index >= 15 is 0 Å². The summed E-state index contributed by atoms with van der Waals surface area (Å²) in [7, 11) is 0. The Labute approximate surface area is 213 Å². The first kappa shape index (κ1) is 33.6. The number of nitrogens with one attached hydrogen (secondary N) is 4. The average Bonchev–Trinajstić information content (AvgIpc) is 2.87.